The minimum atomic E-state index is 0.389. The molecule has 0 unspecified atom stereocenters. The summed E-state index contributed by atoms with van der Waals surface area (Å²) < 4.78 is 0. The first-order valence-corrected chi connectivity index (χ1v) is 17.0. The van der Waals surface area contributed by atoms with Crippen molar-refractivity contribution in [2.45, 2.75) is 26.2 Å². The molecule has 0 aliphatic heterocycles. The molecule has 0 radical (unpaired) electrons. The molecule has 0 amide bonds. The molecule has 0 aromatic heterocycles. The molecule has 48 heavy (non-hydrogen) atoms. The summed E-state index contributed by atoms with van der Waals surface area (Å²) in [5.41, 5.74) is 0. The van der Waals surface area contributed by atoms with Gasteiger partial charge in [0.25, 0.3) is 0 Å². The van der Waals surface area contributed by atoms with Crippen LogP contribution in [0.3, 0.4) is 0 Å². The molecular formula is C34H92N14. The van der Waals surface area contributed by atoms with Crippen LogP contribution in [0.1, 0.15) is 13.8 Å². The van der Waals surface area contributed by atoms with Gasteiger partial charge in [-0.2, -0.15) is 0 Å². The normalized spacial score (nSPS) is 12.0. The van der Waals surface area contributed by atoms with Crippen molar-refractivity contribution in [3.8, 4) is 0 Å². The summed E-state index contributed by atoms with van der Waals surface area (Å²) in [7, 11) is 47.7. The van der Waals surface area contributed by atoms with E-state index in [-0.39, 0.29) is 0 Å². The van der Waals surface area contributed by atoms with E-state index in [1.54, 1.807) is 0 Å². The molecule has 298 valence electrons. The first-order valence-electron chi connectivity index (χ1n) is 17.0. The predicted molar refractivity (Wildman–Crippen MR) is 216 cm³/mol. The summed E-state index contributed by atoms with van der Waals surface area (Å²) in [4.78, 5) is 28.4. The Labute approximate surface area is 303 Å². The topological polar surface area (TPSA) is 54.2 Å². The van der Waals surface area contributed by atoms with E-state index < -0.39 is 0 Å². The molecule has 0 atom stereocenters. The highest BCUT2D eigenvalue weighted by Gasteiger charge is 2.14. The maximum absolute atomic E-state index is 3.43. The van der Waals surface area contributed by atoms with Crippen molar-refractivity contribution in [1.29, 1.82) is 0 Å². The van der Waals surface area contributed by atoms with Crippen LogP contribution in [0, 0.1) is 0 Å². The molecule has 1 N–H and O–H groups in total. The molecule has 0 bridgehead atoms. The lowest BCUT2D eigenvalue weighted by atomic mass is 10.4. The Hall–Kier alpha value is -0.560. The van der Waals surface area contributed by atoms with Crippen LogP contribution in [0.15, 0.2) is 0 Å². The number of hydrogen-bond donors (Lipinski definition) is 1. The molecule has 0 aromatic rings. The highest BCUT2D eigenvalue weighted by molar-refractivity contribution is 4.58. The molecule has 0 rings (SSSR count). The highest BCUT2D eigenvalue weighted by atomic mass is 15.5. The lowest BCUT2D eigenvalue weighted by Crippen LogP contribution is -2.50. The van der Waals surface area contributed by atoms with Crippen molar-refractivity contribution in [2.75, 3.05) is 209 Å². The minimum Gasteiger partial charge on any atom is -0.312 e. The Morgan fingerprint density at radius 2 is 0.604 bits per heavy atom. The van der Waals surface area contributed by atoms with Gasteiger partial charge >= 0.3 is 0 Å². The molecule has 0 saturated heterocycles. The maximum atomic E-state index is 3.43. The van der Waals surface area contributed by atoms with Crippen molar-refractivity contribution < 1.29 is 0 Å². The fraction of sp³-hybridized carbons (Fsp3) is 1.00. The third kappa shape index (κ3) is 54.9. The van der Waals surface area contributed by atoms with E-state index in [0.29, 0.717) is 12.3 Å². The first kappa shape index (κ1) is 56.8. The average Bonchev–Trinajstić information content (AvgIpc) is 2.79. The lowest BCUT2D eigenvalue weighted by molar-refractivity contribution is 0.00961. The van der Waals surface area contributed by atoms with E-state index in [2.05, 4.69) is 219 Å². The van der Waals surface area contributed by atoms with Crippen molar-refractivity contribution in [3.05, 3.63) is 0 Å². The first-order chi connectivity index (χ1) is 21.6. The number of nitrogens with one attached hydrogen (secondary N) is 1. The monoisotopic (exact) mass is 697 g/mol. The fourth-order valence-electron chi connectivity index (χ4n) is 4.67. The summed E-state index contributed by atoms with van der Waals surface area (Å²) in [6, 6.07) is 0.543. The molecule has 0 spiro atoms. The van der Waals surface area contributed by atoms with Crippen molar-refractivity contribution in [1.82, 2.24) is 69.0 Å². The Bertz CT molecular complexity index is 575. The van der Waals surface area contributed by atoms with Crippen LogP contribution in [0.2, 0.25) is 0 Å². The molecule has 14 nitrogen and oxygen atoms in total. The second kappa shape index (κ2) is 34.9. The van der Waals surface area contributed by atoms with E-state index >= 15 is 0 Å². The summed E-state index contributed by atoms with van der Waals surface area (Å²) in [6.07, 6.45) is 0.389. The molecule has 0 fully saturated rings. The Morgan fingerprint density at radius 3 is 0.750 bits per heavy atom. The van der Waals surface area contributed by atoms with Gasteiger partial charge in [0.05, 0.1) is 40.0 Å². The van der Waals surface area contributed by atoms with Gasteiger partial charge in [0.15, 0.2) is 0 Å². The van der Waals surface area contributed by atoms with Crippen molar-refractivity contribution >= 4 is 0 Å². The predicted octanol–water partition coefficient (Wildman–Crippen LogP) is 0.327. The van der Waals surface area contributed by atoms with Crippen LogP contribution in [0.4, 0.5) is 0 Å². The number of rotatable bonds is 18. The Kier molecular flexibility index (Phi) is 41.3. The zero-order valence-corrected chi connectivity index (χ0v) is 37.4. The smallest absolute Gasteiger partial charge is 0.118 e. The molecular weight excluding hydrogens is 604 g/mol. The highest BCUT2D eigenvalue weighted by Crippen LogP contribution is 1.98. The lowest BCUT2D eigenvalue weighted by Gasteiger charge is -2.35. The molecule has 0 aliphatic carbocycles. The van der Waals surface area contributed by atoms with Gasteiger partial charge in [-0.25, -0.2) is 0 Å². The van der Waals surface area contributed by atoms with E-state index in [1.165, 1.54) is 0 Å². The van der Waals surface area contributed by atoms with Gasteiger partial charge in [-0.3, -0.25) is 58.8 Å². The summed E-state index contributed by atoms with van der Waals surface area (Å²) in [5.74, 6) is 0. The van der Waals surface area contributed by atoms with Crippen LogP contribution < -0.4 is 5.32 Å². The van der Waals surface area contributed by atoms with Crippen molar-refractivity contribution in [2.24, 2.45) is 0 Å². The Morgan fingerprint density at radius 1 is 0.354 bits per heavy atom. The summed E-state index contributed by atoms with van der Waals surface area (Å²) in [5, 5.41) is 3.43. The number of nitrogens with zero attached hydrogens (tertiary/aromatic N) is 13. The zero-order valence-electron chi connectivity index (χ0n) is 37.4. The third-order valence-electron chi connectivity index (χ3n) is 5.17. The SMILES string of the molecule is CC(C)NCN(CN(C)C)CN(C)C.CN(C)C.CN(C)C(N(C)C)N(C)C.CN(C)CN(C)C.CN(C)CN(C)CN(C)CN(C)C. The van der Waals surface area contributed by atoms with Gasteiger partial charge in [0.2, 0.25) is 0 Å². The zero-order chi connectivity index (χ0) is 39.3. The van der Waals surface area contributed by atoms with Gasteiger partial charge in [0.1, 0.15) is 6.29 Å². The van der Waals surface area contributed by atoms with E-state index in [0.717, 1.165) is 46.7 Å². The second-order valence-corrected chi connectivity index (χ2v) is 15.8. The van der Waals surface area contributed by atoms with Gasteiger partial charge in [-0.05, 0) is 176 Å². The van der Waals surface area contributed by atoms with E-state index in [9.17, 15) is 0 Å². The van der Waals surface area contributed by atoms with Gasteiger partial charge in [-0.15, -0.1) is 0 Å². The molecule has 0 heterocycles. The molecule has 0 aromatic carbocycles. The van der Waals surface area contributed by atoms with Crippen LogP contribution >= 0.6 is 0 Å². The van der Waals surface area contributed by atoms with Gasteiger partial charge in [-0.1, -0.05) is 0 Å². The molecule has 0 saturated carbocycles. The summed E-state index contributed by atoms with van der Waals surface area (Å²) in [6.45, 7) is 11.3. The van der Waals surface area contributed by atoms with Crippen LogP contribution in [-0.4, -0.2) is 285 Å². The number of hydrogen-bond acceptors (Lipinski definition) is 14. The largest absolute Gasteiger partial charge is 0.312 e. The van der Waals surface area contributed by atoms with Crippen LogP contribution in [0.25, 0.3) is 0 Å². The van der Waals surface area contributed by atoms with Gasteiger partial charge < -0.3 is 10.2 Å². The van der Waals surface area contributed by atoms with E-state index in [4.69, 9.17) is 0 Å². The molecule has 0 aliphatic rings. The minimum absolute atomic E-state index is 0.389. The quantitative estimate of drug-likeness (QED) is 0.201. The fourth-order valence-corrected chi connectivity index (χ4v) is 4.67. The Balaban J connectivity index is -0.000000169. The van der Waals surface area contributed by atoms with Crippen molar-refractivity contribution in [3.63, 3.8) is 0 Å². The van der Waals surface area contributed by atoms with Crippen LogP contribution in [0.5, 0.6) is 0 Å². The molecule has 14 heteroatoms. The average molecular weight is 697 g/mol. The van der Waals surface area contributed by atoms with Crippen LogP contribution in [-0.2, 0) is 0 Å². The third-order valence-corrected chi connectivity index (χ3v) is 5.17. The standard InChI is InChI=1S/C10H26N4.C9H24N4.C7H19N3.C5H14N2.C3H9N/c1-10(2)11-7-14(8-12(3)4)9-13(5)6;1-10(2)7-12(5)9-13(6)8-11(3)4;1-8(2)7(9(3)4)10(5)6;1-6(2)5-7(3)4;1-4(2)3/h10-11H,7-9H2,1-6H3;7-9H2,1-6H3;7H,1-6H3;5H2,1-4H3;1-3H3. The van der Waals surface area contributed by atoms with E-state index in [1.807, 2.05) is 26.0 Å². The summed E-state index contributed by atoms with van der Waals surface area (Å²) >= 11 is 0. The van der Waals surface area contributed by atoms with Gasteiger partial charge in [0, 0.05) is 12.7 Å². The maximum Gasteiger partial charge on any atom is 0.118 e. The second-order valence-electron chi connectivity index (χ2n) is 15.8.